The Morgan fingerprint density at radius 2 is 2.06 bits per heavy atom. The number of anilines is 2. The van der Waals surface area contributed by atoms with E-state index in [4.69, 9.17) is 11.6 Å². The van der Waals surface area contributed by atoms with Crippen molar-refractivity contribution in [3.8, 4) is 0 Å². The molecule has 0 bridgehead atoms. The second-order valence-electron chi connectivity index (χ2n) is 4.04. The number of carbonyl (C=O) groups excluding carboxylic acids is 1. The molecule has 1 heterocycles. The van der Waals surface area contributed by atoms with Crippen LogP contribution in [-0.2, 0) is 4.79 Å². The maximum absolute atomic E-state index is 11.0. The highest BCUT2D eigenvalue weighted by atomic mass is 35.5. The molecule has 1 fully saturated rings. The van der Waals surface area contributed by atoms with E-state index in [1.54, 1.807) is 0 Å². The van der Waals surface area contributed by atoms with Gasteiger partial charge in [0.05, 0.1) is 10.7 Å². The van der Waals surface area contributed by atoms with Crippen LogP contribution >= 0.6 is 11.6 Å². The molecule has 0 radical (unpaired) electrons. The standard InChI is InChI=1S/C12H15ClN2O/c1-9(16)14-12-8-10(4-5-11(12)13)15-6-2-3-7-15/h4-5,8H,2-3,6-7H2,1H3,(H,14,16). The largest absolute Gasteiger partial charge is 0.371 e. The first-order valence-electron chi connectivity index (χ1n) is 5.49. The Morgan fingerprint density at radius 1 is 1.38 bits per heavy atom. The van der Waals surface area contributed by atoms with Crippen LogP contribution in [0.5, 0.6) is 0 Å². The number of halogens is 1. The fourth-order valence-corrected chi connectivity index (χ4v) is 2.14. The van der Waals surface area contributed by atoms with E-state index in [0.717, 1.165) is 18.8 Å². The van der Waals surface area contributed by atoms with Crippen molar-refractivity contribution in [3.63, 3.8) is 0 Å². The molecular weight excluding hydrogens is 224 g/mol. The van der Waals surface area contributed by atoms with E-state index in [2.05, 4.69) is 10.2 Å². The number of nitrogens with zero attached hydrogens (tertiary/aromatic N) is 1. The molecule has 1 aliphatic heterocycles. The highest BCUT2D eigenvalue weighted by Crippen LogP contribution is 2.29. The number of nitrogens with one attached hydrogen (secondary N) is 1. The molecule has 4 heteroatoms. The zero-order chi connectivity index (χ0) is 11.5. The number of rotatable bonds is 2. The Balaban J connectivity index is 2.23. The van der Waals surface area contributed by atoms with Gasteiger partial charge in [-0.15, -0.1) is 0 Å². The maximum Gasteiger partial charge on any atom is 0.221 e. The van der Waals surface area contributed by atoms with Crippen molar-refractivity contribution in [2.24, 2.45) is 0 Å². The molecule has 0 aromatic heterocycles. The molecule has 1 aromatic carbocycles. The monoisotopic (exact) mass is 238 g/mol. The lowest BCUT2D eigenvalue weighted by Gasteiger charge is -2.19. The Kier molecular flexibility index (Phi) is 3.34. The first kappa shape index (κ1) is 11.3. The molecule has 16 heavy (non-hydrogen) atoms. The van der Waals surface area contributed by atoms with Crippen LogP contribution in [0.15, 0.2) is 18.2 Å². The molecule has 0 saturated carbocycles. The van der Waals surface area contributed by atoms with Gasteiger partial charge in [-0.05, 0) is 31.0 Å². The van der Waals surface area contributed by atoms with Crippen molar-refractivity contribution in [3.05, 3.63) is 23.2 Å². The van der Waals surface area contributed by atoms with Gasteiger partial charge in [-0.25, -0.2) is 0 Å². The third-order valence-corrected chi connectivity index (χ3v) is 3.06. The van der Waals surface area contributed by atoms with Crippen LogP contribution in [-0.4, -0.2) is 19.0 Å². The van der Waals surface area contributed by atoms with Crippen molar-refractivity contribution in [2.45, 2.75) is 19.8 Å². The molecule has 0 atom stereocenters. The normalized spacial score (nSPS) is 15.2. The summed E-state index contributed by atoms with van der Waals surface area (Å²) in [6.07, 6.45) is 2.47. The minimum absolute atomic E-state index is 0.0968. The van der Waals surface area contributed by atoms with Crippen molar-refractivity contribution in [1.29, 1.82) is 0 Å². The van der Waals surface area contributed by atoms with Gasteiger partial charge in [0.25, 0.3) is 0 Å². The molecule has 1 aliphatic rings. The van der Waals surface area contributed by atoms with Gasteiger partial charge in [0.15, 0.2) is 0 Å². The highest BCUT2D eigenvalue weighted by Gasteiger charge is 2.13. The summed E-state index contributed by atoms with van der Waals surface area (Å²) in [5.74, 6) is -0.0968. The van der Waals surface area contributed by atoms with Crippen LogP contribution in [0.25, 0.3) is 0 Å². The summed E-state index contributed by atoms with van der Waals surface area (Å²) in [6.45, 7) is 3.65. The van der Waals surface area contributed by atoms with Crippen LogP contribution in [0.2, 0.25) is 5.02 Å². The number of amides is 1. The predicted octanol–water partition coefficient (Wildman–Crippen LogP) is 2.90. The van der Waals surface area contributed by atoms with Crippen molar-refractivity contribution in [2.75, 3.05) is 23.3 Å². The number of hydrogen-bond donors (Lipinski definition) is 1. The quantitative estimate of drug-likeness (QED) is 0.859. The third-order valence-electron chi connectivity index (χ3n) is 2.73. The van der Waals surface area contributed by atoms with E-state index in [-0.39, 0.29) is 5.91 Å². The average molecular weight is 239 g/mol. The Labute approximate surface area is 100 Å². The van der Waals surface area contributed by atoms with Crippen molar-refractivity contribution < 1.29 is 4.79 Å². The topological polar surface area (TPSA) is 32.3 Å². The second-order valence-corrected chi connectivity index (χ2v) is 4.45. The number of carbonyl (C=O) groups is 1. The average Bonchev–Trinajstić information content (AvgIpc) is 2.73. The van der Waals surface area contributed by atoms with Crippen molar-refractivity contribution >= 4 is 28.9 Å². The van der Waals surface area contributed by atoms with Crippen LogP contribution in [0.1, 0.15) is 19.8 Å². The smallest absolute Gasteiger partial charge is 0.221 e. The van der Waals surface area contributed by atoms with E-state index in [0.29, 0.717) is 10.7 Å². The van der Waals surface area contributed by atoms with Crippen LogP contribution < -0.4 is 10.2 Å². The summed E-state index contributed by atoms with van der Waals surface area (Å²) in [7, 11) is 0. The fraction of sp³-hybridized carbons (Fsp3) is 0.417. The first-order chi connectivity index (χ1) is 7.66. The van der Waals surface area contributed by atoms with Gasteiger partial charge < -0.3 is 10.2 Å². The van der Waals surface area contributed by atoms with E-state index >= 15 is 0 Å². The van der Waals surface area contributed by atoms with Crippen LogP contribution in [0, 0.1) is 0 Å². The fourth-order valence-electron chi connectivity index (χ4n) is 1.97. The van der Waals surface area contributed by atoms with Gasteiger partial charge in [0, 0.05) is 25.7 Å². The molecule has 0 aliphatic carbocycles. The summed E-state index contributed by atoms with van der Waals surface area (Å²) in [5.41, 5.74) is 1.82. The molecule has 1 amide bonds. The Morgan fingerprint density at radius 3 is 2.69 bits per heavy atom. The van der Waals surface area contributed by atoms with Gasteiger partial charge in [0.1, 0.15) is 0 Å². The summed E-state index contributed by atoms with van der Waals surface area (Å²) >= 11 is 6.01. The van der Waals surface area contributed by atoms with Crippen LogP contribution in [0.3, 0.4) is 0 Å². The minimum atomic E-state index is -0.0968. The number of hydrogen-bond acceptors (Lipinski definition) is 2. The summed E-state index contributed by atoms with van der Waals surface area (Å²) in [4.78, 5) is 13.3. The molecule has 1 saturated heterocycles. The zero-order valence-corrected chi connectivity index (χ0v) is 10.0. The molecule has 1 aromatic rings. The van der Waals surface area contributed by atoms with Crippen molar-refractivity contribution in [1.82, 2.24) is 0 Å². The maximum atomic E-state index is 11.0. The third kappa shape index (κ3) is 2.47. The summed E-state index contributed by atoms with van der Waals surface area (Å²) in [5, 5.41) is 3.32. The van der Waals surface area contributed by atoms with Gasteiger partial charge in [-0.2, -0.15) is 0 Å². The molecule has 86 valence electrons. The zero-order valence-electron chi connectivity index (χ0n) is 9.29. The summed E-state index contributed by atoms with van der Waals surface area (Å²) in [6, 6.07) is 5.77. The SMILES string of the molecule is CC(=O)Nc1cc(N2CCCC2)ccc1Cl. The molecular formula is C12H15ClN2O. The van der Waals surface area contributed by atoms with E-state index in [9.17, 15) is 4.79 Å². The van der Waals surface area contributed by atoms with Gasteiger partial charge >= 0.3 is 0 Å². The molecule has 1 N–H and O–H groups in total. The summed E-state index contributed by atoms with van der Waals surface area (Å²) < 4.78 is 0. The van der Waals surface area contributed by atoms with E-state index in [1.807, 2.05) is 18.2 Å². The Hall–Kier alpha value is -1.22. The Bertz CT molecular complexity index is 400. The predicted molar refractivity (Wildman–Crippen MR) is 67.2 cm³/mol. The van der Waals surface area contributed by atoms with Gasteiger partial charge in [-0.1, -0.05) is 11.6 Å². The van der Waals surface area contributed by atoms with Crippen LogP contribution in [0.4, 0.5) is 11.4 Å². The molecule has 3 nitrogen and oxygen atoms in total. The number of benzene rings is 1. The second kappa shape index (κ2) is 4.74. The van der Waals surface area contributed by atoms with E-state index in [1.165, 1.54) is 19.8 Å². The van der Waals surface area contributed by atoms with E-state index < -0.39 is 0 Å². The van der Waals surface area contributed by atoms with Gasteiger partial charge in [-0.3, -0.25) is 4.79 Å². The lowest BCUT2D eigenvalue weighted by Crippen LogP contribution is -2.18. The lowest BCUT2D eigenvalue weighted by molar-refractivity contribution is -0.114. The first-order valence-corrected chi connectivity index (χ1v) is 5.87. The molecule has 0 spiro atoms. The lowest BCUT2D eigenvalue weighted by atomic mass is 10.2. The highest BCUT2D eigenvalue weighted by molar-refractivity contribution is 6.33. The molecule has 0 unspecified atom stereocenters. The minimum Gasteiger partial charge on any atom is -0.371 e. The van der Waals surface area contributed by atoms with Gasteiger partial charge in [0.2, 0.25) is 5.91 Å². The molecule has 2 rings (SSSR count).